The fourth-order valence-corrected chi connectivity index (χ4v) is 2.37. The van der Waals surface area contributed by atoms with E-state index in [4.69, 9.17) is 4.74 Å². The molecule has 2 heterocycles. The molecule has 0 aromatic carbocycles. The van der Waals surface area contributed by atoms with Crippen molar-refractivity contribution in [1.29, 1.82) is 0 Å². The van der Waals surface area contributed by atoms with Gasteiger partial charge in [-0.25, -0.2) is 0 Å². The fraction of sp³-hybridized carbons (Fsp3) is 1.00. The van der Waals surface area contributed by atoms with Crippen molar-refractivity contribution in [1.82, 2.24) is 5.32 Å². The summed E-state index contributed by atoms with van der Waals surface area (Å²) in [5.41, 5.74) is 0.609. The normalized spacial score (nSPS) is 33.2. The summed E-state index contributed by atoms with van der Waals surface area (Å²) in [5, 5.41) is 3.52. The lowest BCUT2D eigenvalue weighted by Crippen LogP contribution is -2.31. The van der Waals surface area contributed by atoms with E-state index in [0.29, 0.717) is 5.41 Å². The second kappa shape index (κ2) is 3.95. The molecule has 1 spiro atoms. The van der Waals surface area contributed by atoms with E-state index in [1.165, 1.54) is 25.8 Å². The Morgan fingerprint density at radius 1 is 1.33 bits per heavy atom. The molecule has 2 rings (SSSR count). The summed E-state index contributed by atoms with van der Waals surface area (Å²) in [6, 6.07) is 0.730. The van der Waals surface area contributed by atoms with Crippen molar-refractivity contribution in [2.24, 2.45) is 5.41 Å². The van der Waals surface area contributed by atoms with E-state index in [-0.39, 0.29) is 12.4 Å². The predicted octanol–water partition coefficient (Wildman–Crippen LogP) is 1.59. The lowest BCUT2D eigenvalue weighted by Gasteiger charge is -2.32. The molecule has 2 fully saturated rings. The first kappa shape index (κ1) is 10.3. The monoisotopic (exact) mass is 191 g/mol. The molecule has 12 heavy (non-hydrogen) atoms. The first-order chi connectivity index (χ1) is 5.31. The van der Waals surface area contributed by atoms with E-state index in [0.717, 1.165) is 19.3 Å². The minimum absolute atomic E-state index is 0. The molecule has 0 bridgehead atoms. The zero-order chi connectivity index (χ0) is 7.73. The molecule has 1 N–H and O–H groups in total. The standard InChI is InChI=1S/C9H17NO.ClH/c1-8-6-9(7-10-8)2-4-11-5-3-9;/h8,10H,2-7H2,1H3;1H/t8-;/m0./s1. The summed E-state index contributed by atoms with van der Waals surface area (Å²) in [6.45, 7) is 5.46. The van der Waals surface area contributed by atoms with Crippen LogP contribution in [0, 0.1) is 5.41 Å². The highest BCUT2D eigenvalue weighted by molar-refractivity contribution is 5.85. The quantitative estimate of drug-likeness (QED) is 0.628. The molecule has 0 radical (unpaired) electrons. The first-order valence-electron chi connectivity index (χ1n) is 4.62. The van der Waals surface area contributed by atoms with Crippen LogP contribution in [-0.4, -0.2) is 25.8 Å². The number of halogens is 1. The van der Waals surface area contributed by atoms with Gasteiger partial charge in [0.1, 0.15) is 0 Å². The maximum atomic E-state index is 5.36. The Labute approximate surface area is 80.5 Å². The summed E-state index contributed by atoms with van der Waals surface area (Å²) in [6.07, 6.45) is 3.89. The van der Waals surface area contributed by atoms with Crippen molar-refractivity contribution in [2.75, 3.05) is 19.8 Å². The minimum Gasteiger partial charge on any atom is -0.381 e. The third kappa shape index (κ3) is 1.93. The molecule has 2 aliphatic rings. The summed E-state index contributed by atoms with van der Waals surface area (Å²) in [5.74, 6) is 0. The molecule has 0 aliphatic carbocycles. The van der Waals surface area contributed by atoms with E-state index in [9.17, 15) is 0 Å². The smallest absolute Gasteiger partial charge is 0.0471 e. The van der Waals surface area contributed by atoms with Crippen LogP contribution in [0.15, 0.2) is 0 Å². The second-order valence-corrected chi connectivity index (χ2v) is 4.10. The molecule has 2 saturated heterocycles. The number of hydrogen-bond acceptors (Lipinski definition) is 2. The SMILES string of the molecule is C[C@H]1CC2(CCOCC2)CN1.Cl. The van der Waals surface area contributed by atoms with Gasteiger partial charge in [-0.2, -0.15) is 0 Å². The summed E-state index contributed by atoms with van der Waals surface area (Å²) in [7, 11) is 0. The van der Waals surface area contributed by atoms with Crippen LogP contribution in [0.5, 0.6) is 0 Å². The third-order valence-corrected chi connectivity index (χ3v) is 3.12. The topological polar surface area (TPSA) is 21.3 Å². The highest BCUT2D eigenvalue weighted by atomic mass is 35.5. The molecule has 2 nitrogen and oxygen atoms in total. The van der Waals surface area contributed by atoms with Gasteiger partial charge >= 0.3 is 0 Å². The highest BCUT2D eigenvalue weighted by Gasteiger charge is 2.38. The Morgan fingerprint density at radius 3 is 2.50 bits per heavy atom. The van der Waals surface area contributed by atoms with E-state index in [2.05, 4.69) is 12.2 Å². The lowest BCUT2D eigenvalue weighted by atomic mass is 9.78. The molecular formula is C9H18ClNO. The molecule has 0 amide bonds. The molecule has 0 unspecified atom stereocenters. The maximum absolute atomic E-state index is 5.36. The number of nitrogens with one attached hydrogen (secondary N) is 1. The Bertz CT molecular complexity index is 140. The predicted molar refractivity (Wildman–Crippen MR) is 51.8 cm³/mol. The minimum atomic E-state index is 0. The summed E-state index contributed by atoms with van der Waals surface area (Å²) in [4.78, 5) is 0. The van der Waals surface area contributed by atoms with Gasteiger partial charge in [-0.15, -0.1) is 12.4 Å². The highest BCUT2D eigenvalue weighted by Crippen LogP contribution is 2.38. The van der Waals surface area contributed by atoms with Crippen molar-refractivity contribution < 1.29 is 4.74 Å². The van der Waals surface area contributed by atoms with Crippen molar-refractivity contribution in [3.63, 3.8) is 0 Å². The summed E-state index contributed by atoms with van der Waals surface area (Å²) >= 11 is 0. The Balaban J connectivity index is 0.000000720. The van der Waals surface area contributed by atoms with E-state index in [1.54, 1.807) is 0 Å². The number of ether oxygens (including phenoxy) is 1. The molecular weight excluding hydrogens is 174 g/mol. The van der Waals surface area contributed by atoms with Gasteiger partial charge < -0.3 is 10.1 Å². The second-order valence-electron chi connectivity index (χ2n) is 4.10. The van der Waals surface area contributed by atoms with Gasteiger partial charge in [-0.05, 0) is 31.6 Å². The van der Waals surface area contributed by atoms with Crippen molar-refractivity contribution in [3.8, 4) is 0 Å². The molecule has 2 aliphatic heterocycles. The van der Waals surface area contributed by atoms with Gasteiger partial charge in [0.05, 0.1) is 0 Å². The van der Waals surface area contributed by atoms with Crippen molar-refractivity contribution >= 4 is 12.4 Å². The Kier molecular flexibility index (Phi) is 3.38. The van der Waals surface area contributed by atoms with Crippen LogP contribution in [-0.2, 0) is 4.74 Å². The zero-order valence-corrected chi connectivity index (χ0v) is 8.45. The van der Waals surface area contributed by atoms with Crippen LogP contribution in [0.2, 0.25) is 0 Å². The Hall–Kier alpha value is 0.210. The van der Waals surface area contributed by atoms with E-state index < -0.39 is 0 Å². The van der Waals surface area contributed by atoms with Crippen molar-refractivity contribution in [2.45, 2.75) is 32.2 Å². The molecule has 0 aromatic rings. The zero-order valence-electron chi connectivity index (χ0n) is 7.64. The number of rotatable bonds is 0. The fourth-order valence-electron chi connectivity index (χ4n) is 2.37. The number of hydrogen-bond donors (Lipinski definition) is 1. The van der Waals surface area contributed by atoms with E-state index in [1.807, 2.05) is 0 Å². The third-order valence-electron chi connectivity index (χ3n) is 3.12. The first-order valence-corrected chi connectivity index (χ1v) is 4.62. The van der Waals surface area contributed by atoms with Crippen LogP contribution < -0.4 is 5.32 Å². The molecule has 1 atom stereocenters. The lowest BCUT2D eigenvalue weighted by molar-refractivity contribution is 0.0236. The van der Waals surface area contributed by atoms with Gasteiger partial charge in [0, 0.05) is 25.8 Å². The van der Waals surface area contributed by atoms with Gasteiger partial charge in [-0.3, -0.25) is 0 Å². The van der Waals surface area contributed by atoms with Gasteiger partial charge in [-0.1, -0.05) is 0 Å². The maximum Gasteiger partial charge on any atom is 0.0471 e. The van der Waals surface area contributed by atoms with Crippen molar-refractivity contribution in [3.05, 3.63) is 0 Å². The Morgan fingerprint density at radius 2 is 2.00 bits per heavy atom. The molecule has 0 saturated carbocycles. The van der Waals surface area contributed by atoms with E-state index >= 15 is 0 Å². The molecule has 72 valence electrons. The molecule has 3 heteroatoms. The summed E-state index contributed by atoms with van der Waals surface area (Å²) < 4.78 is 5.36. The van der Waals surface area contributed by atoms with Crippen LogP contribution in [0.1, 0.15) is 26.2 Å². The largest absolute Gasteiger partial charge is 0.381 e. The average molecular weight is 192 g/mol. The average Bonchev–Trinajstić information content (AvgIpc) is 2.34. The van der Waals surface area contributed by atoms with Gasteiger partial charge in [0.2, 0.25) is 0 Å². The van der Waals surface area contributed by atoms with Crippen LogP contribution in [0.3, 0.4) is 0 Å². The van der Waals surface area contributed by atoms with Gasteiger partial charge in [0.25, 0.3) is 0 Å². The molecule has 0 aromatic heterocycles. The van der Waals surface area contributed by atoms with Crippen LogP contribution in [0.4, 0.5) is 0 Å². The van der Waals surface area contributed by atoms with Gasteiger partial charge in [0.15, 0.2) is 0 Å². The van der Waals surface area contributed by atoms with Crippen LogP contribution >= 0.6 is 12.4 Å². The van der Waals surface area contributed by atoms with Crippen LogP contribution in [0.25, 0.3) is 0 Å².